The predicted molar refractivity (Wildman–Crippen MR) is 90.8 cm³/mol. The quantitative estimate of drug-likeness (QED) is 0.754. The van der Waals surface area contributed by atoms with E-state index in [9.17, 15) is 18.0 Å². The van der Waals surface area contributed by atoms with Crippen molar-refractivity contribution in [2.24, 2.45) is 0 Å². The minimum absolute atomic E-state index is 0.122. The van der Waals surface area contributed by atoms with Gasteiger partial charge in [-0.3, -0.25) is 4.79 Å². The molecule has 1 amide bonds. The second-order valence-electron chi connectivity index (χ2n) is 5.33. The third kappa shape index (κ3) is 4.16. The summed E-state index contributed by atoms with van der Waals surface area (Å²) < 4.78 is 48.3. The van der Waals surface area contributed by atoms with Crippen LogP contribution >= 0.6 is 23.4 Å². The van der Waals surface area contributed by atoms with Gasteiger partial charge in [0.25, 0.3) is 0 Å². The molecule has 1 aromatic carbocycles. The van der Waals surface area contributed by atoms with E-state index in [1.54, 1.807) is 25.1 Å². The number of carbonyl (C=O) groups excluding carboxylic acids is 1. The first-order chi connectivity index (χ1) is 12.2. The second kappa shape index (κ2) is 7.24. The number of aromatic nitrogens is 1. The average molecular weight is 405 g/mol. The molecule has 0 saturated carbocycles. The monoisotopic (exact) mass is 404 g/mol. The molecule has 0 saturated heterocycles. The number of hydrogen-bond acceptors (Lipinski definition) is 5. The number of alkyl halides is 3. The van der Waals surface area contributed by atoms with Crippen molar-refractivity contribution in [1.82, 2.24) is 4.98 Å². The van der Waals surface area contributed by atoms with E-state index >= 15 is 0 Å². The number of fused-ring (bicyclic) bond motifs is 1. The minimum Gasteiger partial charge on any atom is -0.454 e. The molecule has 138 valence electrons. The first kappa shape index (κ1) is 18.7. The highest BCUT2D eigenvalue weighted by Gasteiger charge is 2.32. The number of benzene rings is 1. The number of carbonyl (C=O) groups is 1. The van der Waals surface area contributed by atoms with Gasteiger partial charge in [-0.05, 0) is 25.1 Å². The van der Waals surface area contributed by atoms with Crippen LogP contribution in [-0.4, -0.2) is 22.9 Å². The zero-order valence-electron chi connectivity index (χ0n) is 13.3. The average Bonchev–Trinajstić information content (AvgIpc) is 3.03. The number of rotatable bonds is 4. The molecule has 0 bridgehead atoms. The van der Waals surface area contributed by atoms with Gasteiger partial charge in [-0.1, -0.05) is 23.4 Å². The fraction of sp³-hybridized carbons (Fsp3) is 0.250. The lowest BCUT2D eigenvalue weighted by Gasteiger charge is -2.13. The summed E-state index contributed by atoms with van der Waals surface area (Å²) in [7, 11) is 0. The van der Waals surface area contributed by atoms with Crippen molar-refractivity contribution in [1.29, 1.82) is 0 Å². The third-order valence-corrected chi connectivity index (χ3v) is 4.95. The number of nitrogens with zero attached hydrogens (tertiary/aromatic N) is 1. The smallest absolute Gasteiger partial charge is 0.417 e. The number of halogens is 4. The molecular weight excluding hydrogens is 393 g/mol. The molecule has 0 aliphatic carbocycles. The van der Waals surface area contributed by atoms with Crippen molar-refractivity contribution in [2.45, 2.75) is 23.4 Å². The van der Waals surface area contributed by atoms with E-state index in [4.69, 9.17) is 21.1 Å². The normalized spacial score (nSPS) is 14.2. The molecule has 0 fully saturated rings. The number of nitrogens with one attached hydrogen (secondary N) is 1. The van der Waals surface area contributed by atoms with Gasteiger partial charge in [0.15, 0.2) is 11.5 Å². The van der Waals surface area contributed by atoms with Crippen molar-refractivity contribution < 1.29 is 27.4 Å². The van der Waals surface area contributed by atoms with Gasteiger partial charge in [0, 0.05) is 18.0 Å². The SMILES string of the molecule is CC(Sc1ncc(C(F)(F)F)cc1Cl)C(=O)Nc1ccc2c(c1)OCO2. The van der Waals surface area contributed by atoms with Gasteiger partial charge in [0.2, 0.25) is 12.7 Å². The number of pyridine rings is 1. The number of hydrogen-bond donors (Lipinski definition) is 1. The number of anilines is 1. The largest absolute Gasteiger partial charge is 0.454 e. The maximum Gasteiger partial charge on any atom is 0.417 e. The van der Waals surface area contributed by atoms with Crippen LogP contribution in [0.2, 0.25) is 5.02 Å². The Kier molecular flexibility index (Phi) is 5.19. The lowest BCUT2D eigenvalue weighted by atomic mass is 10.2. The Bertz CT molecular complexity index is 848. The van der Waals surface area contributed by atoms with Crippen LogP contribution in [0.5, 0.6) is 11.5 Å². The van der Waals surface area contributed by atoms with Gasteiger partial charge in [-0.25, -0.2) is 4.98 Å². The van der Waals surface area contributed by atoms with Gasteiger partial charge in [0.05, 0.1) is 15.8 Å². The molecule has 0 spiro atoms. The van der Waals surface area contributed by atoms with Gasteiger partial charge >= 0.3 is 6.18 Å². The molecule has 1 atom stereocenters. The summed E-state index contributed by atoms with van der Waals surface area (Å²) in [4.78, 5) is 16.0. The second-order valence-corrected chi connectivity index (χ2v) is 7.06. The van der Waals surface area contributed by atoms with Gasteiger partial charge in [0.1, 0.15) is 5.03 Å². The van der Waals surface area contributed by atoms with Crippen molar-refractivity contribution in [2.75, 3.05) is 12.1 Å². The highest BCUT2D eigenvalue weighted by Crippen LogP contribution is 2.36. The summed E-state index contributed by atoms with van der Waals surface area (Å²) in [5.74, 6) is 0.758. The van der Waals surface area contributed by atoms with Crippen LogP contribution in [0.1, 0.15) is 12.5 Å². The number of amides is 1. The molecule has 26 heavy (non-hydrogen) atoms. The fourth-order valence-electron chi connectivity index (χ4n) is 2.11. The molecular formula is C16H12ClF3N2O3S. The summed E-state index contributed by atoms with van der Waals surface area (Å²) in [6.07, 6.45) is -3.83. The highest BCUT2D eigenvalue weighted by atomic mass is 35.5. The van der Waals surface area contributed by atoms with E-state index in [2.05, 4.69) is 10.3 Å². The topological polar surface area (TPSA) is 60.5 Å². The summed E-state index contributed by atoms with van der Waals surface area (Å²) in [6.45, 7) is 1.72. The first-order valence-corrected chi connectivity index (χ1v) is 8.59. The molecule has 1 aliphatic heterocycles. The Morgan fingerprint density at radius 3 is 2.73 bits per heavy atom. The minimum atomic E-state index is -4.53. The van der Waals surface area contributed by atoms with Gasteiger partial charge in [-0.2, -0.15) is 13.2 Å². The summed E-state index contributed by atoms with van der Waals surface area (Å²) in [5, 5.41) is 2.05. The van der Waals surface area contributed by atoms with Crippen molar-refractivity contribution in [3.8, 4) is 11.5 Å². The Balaban J connectivity index is 1.66. The summed E-state index contributed by atoms with van der Waals surface area (Å²) in [6, 6.07) is 5.75. The first-order valence-electron chi connectivity index (χ1n) is 7.34. The van der Waals surface area contributed by atoms with Crippen LogP contribution in [0.4, 0.5) is 18.9 Å². The van der Waals surface area contributed by atoms with Crippen LogP contribution in [-0.2, 0) is 11.0 Å². The fourth-order valence-corrected chi connectivity index (χ4v) is 3.19. The van der Waals surface area contributed by atoms with Crippen LogP contribution in [0, 0.1) is 0 Å². The lowest BCUT2D eigenvalue weighted by molar-refractivity contribution is -0.137. The van der Waals surface area contributed by atoms with E-state index in [0.29, 0.717) is 23.4 Å². The standard InChI is InChI=1S/C16H12ClF3N2O3S/c1-8(26-15-11(17)4-9(6-21-15)16(18,19)20)14(23)22-10-2-3-12-13(5-10)25-7-24-12/h2-6,8H,7H2,1H3,(H,22,23). The lowest BCUT2D eigenvalue weighted by Crippen LogP contribution is -2.22. The Labute approximate surface area is 155 Å². The van der Waals surface area contributed by atoms with Gasteiger partial charge < -0.3 is 14.8 Å². The Morgan fingerprint density at radius 1 is 1.31 bits per heavy atom. The van der Waals surface area contributed by atoms with Crippen molar-refractivity contribution in [3.05, 3.63) is 41.0 Å². The Hall–Kier alpha value is -2.13. The molecule has 2 heterocycles. The highest BCUT2D eigenvalue weighted by molar-refractivity contribution is 8.00. The zero-order chi connectivity index (χ0) is 18.9. The molecule has 1 aromatic heterocycles. The molecule has 3 rings (SSSR count). The van der Waals surface area contributed by atoms with Crippen LogP contribution in [0.3, 0.4) is 0 Å². The molecule has 2 aromatic rings. The molecule has 0 radical (unpaired) electrons. The molecule has 10 heteroatoms. The van der Waals surface area contributed by atoms with Crippen LogP contribution in [0.25, 0.3) is 0 Å². The Morgan fingerprint density at radius 2 is 2.04 bits per heavy atom. The molecule has 1 N–H and O–H groups in total. The molecule has 5 nitrogen and oxygen atoms in total. The van der Waals surface area contributed by atoms with Crippen molar-refractivity contribution in [3.63, 3.8) is 0 Å². The third-order valence-electron chi connectivity index (χ3n) is 3.43. The van der Waals surface area contributed by atoms with E-state index < -0.39 is 17.0 Å². The van der Waals surface area contributed by atoms with E-state index in [0.717, 1.165) is 17.8 Å². The van der Waals surface area contributed by atoms with E-state index in [-0.39, 0.29) is 22.7 Å². The maximum atomic E-state index is 12.6. The van der Waals surface area contributed by atoms with Gasteiger partial charge in [-0.15, -0.1) is 0 Å². The summed E-state index contributed by atoms with van der Waals surface area (Å²) in [5.41, 5.74) is -0.428. The zero-order valence-corrected chi connectivity index (χ0v) is 14.8. The van der Waals surface area contributed by atoms with E-state index in [1.807, 2.05) is 0 Å². The van der Waals surface area contributed by atoms with Crippen molar-refractivity contribution >= 4 is 35.0 Å². The maximum absolute atomic E-state index is 12.6. The predicted octanol–water partition coefficient (Wildman–Crippen LogP) is 4.60. The van der Waals surface area contributed by atoms with Crippen LogP contribution < -0.4 is 14.8 Å². The molecule has 1 aliphatic rings. The van der Waals surface area contributed by atoms with Crippen LogP contribution in [0.15, 0.2) is 35.5 Å². The van der Waals surface area contributed by atoms with E-state index in [1.165, 1.54) is 0 Å². The number of ether oxygens (including phenoxy) is 2. The number of thioether (sulfide) groups is 1. The summed E-state index contributed by atoms with van der Waals surface area (Å²) >= 11 is 6.83. The molecule has 1 unspecified atom stereocenters.